The van der Waals surface area contributed by atoms with E-state index in [9.17, 15) is 4.79 Å². The Hall–Kier alpha value is -2.53. The van der Waals surface area contributed by atoms with Crippen LogP contribution < -0.4 is 4.74 Å². The minimum Gasteiger partial charge on any atom is -0.494 e. The number of nitrogens with zero attached hydrogens (tertiary/aromatic N) is 1. The summed E-state index contributed by atoms with van der Waals surface area (Å²) >= 11 is 3.55. The Kier molecular flexibility index (Phi) is 5.03. The molecule has 1 N–H and O–H groups in total. The summed E-state index contributed by atoms with van der Waals surface area (Å²) in [5.41, 5.74) is 4.30. The fraction of sp³-hybridized carbons (Fsp3) is 0.227. The highest BCUT2D eigenvalue weighted by atomic mass is 79.9. The van der Waals surface area contributed by atoms with E-state index in [1.54, 1.807) is 0 Å². The van der Waals surface area contributed by atoms with E-state index in [2.05, 4.69) is 45.3 Å². The zero-order valence-electron chi connectivity index (χ0n) is 15.2. The van der Waals surface area contributed by atoms with Crippen LogP contribution in [0.25, 0.3) is 16.5 Å². The number of rotatable bonds is 4. The fourth-order valence-corrected chi connectivity index (χ4v) is 3.89. The van der Waals surface area contributed by atoms with Crippen LogP contribution in [0, 0.1) is 0 Å². The van der Waals surface area contributed by atoms with Gasteiger partial charge in [0.15, 0.2) is 0 Å². The fourth-order valence-electron chi connectivity index (χ4n) is 3.52. The lowest BCUT2D eigenvalue weighted by Gasteiger charge is -2.26. The molecule has 0 saturated heterocycles. The molecule has 0 fully saturated rings. The van der Waals surface area contributed by atoms with Crippen molar-refractivity contribution in [1.82, 2.24) is 9.88 Å². The first-order valence-electron chi connectivity index (χ1n) is 9.14. The summed E-state index contributed by atoms with van der Waals surface area (Å²) in [6.07, 6.45) is 5.07. The number of halogens is 1. The third-order valence-electron chi connectivity index (χ3n) is 4.88. The van der Waals surface area contributed by atoms with Gasteiger partial charge in [-0.1, -0.05) is 28.1 Å². The number of hydrogen-bond donors (Lipinski definition) is 1. The average molecular weight is 425 g/mol. The first-order valence-corrected chi connectivity index (χ1v) is 9.93. The number of fused-ring (bicyclic) bond motifs is 1. The molecule has 3 aromatic rings. The monoisotopic (exact) mass is 424 g/mol. The molecule has 5 heteroatoms. The van der Waals surface area contributed by atoms with Crippen molar-refractivity contribution in [3.63, 3.8) is 0 Å². The summed E-state index contributed by atoms with van der Waals surface area (Å²) < 4.78 is 6.58. The third-order valence-corrected chi connectivity index (χ3v) is 5.37. The van der Waals surface area contributed by atoms with Gasteiger partial charge in [0.05, 0.1) is 6.61 Å². The van der Waals surface area contributed by atoms with Crippen molar-refractivity contribution >= 4 is 38.3 Å². The second-order valence-electron chi connectivity index (χ2n) is 6.58. The number of ether oxygens (including phenoxy) is 1. The Morgan fingerprint density at radius 2 is 2.15 bits per heavy atom. The number of H-pyrrole nitrogens is 1. The molecule has 2 aromatic carbocycles. The number of carbonyl (C=O) groups is 1. The Morgan fingerprint density at radius 3 is 2.93 bits per heavy atom. The van der Waals surface area contributed by atoms with E-state index in [4.69, 9.17) is 4.74 Å². The van der Waals surface area contributed by atoms with Crippen LogP contribution in [0.4, 0.5) is 0 Å². The highest BCUT2D eigenvalue weighted by Gasteiger charge is 2.21. The number of benzene rings is 2. The number of aromatic amines is 1. The molecular formula is C22H21BrN2O2. The van der Waals surface area contributed by atoms with Crippen LogP contribution in [0.5, 0.6) is 5.75 Å². The standard InChI is InChI=1S/C22H21BrN2O2/c1-2-27-18-5-3-4-16(12-18)22(26)25-10-8-15(9-11-25)20-14-24-21-7-6-17(23)13-19(20)21/h3-8,12-14,24H,2,9-11H2,1H3. The maximum Gasteiger partial charge on any atom is 0.254 e. The maximum atomic E-state index is 12.8. The number of nitrogens with one attached hydrogen (secondary N) is 1. The van der Waals surface area contributed by atoms with E-state index in [1.807, 2.05) is 42.2 Å². The molecular weight excluding hydrogens is 404 g/mol. The minimum absolute atomic E-state index is 0.0496. The SMILES string of the molecule is CCOc1cccc(C(=O)N2CC=C(c3c[nH]c4ccc(Br)cc34)CC2)c1. The first-order chi connectivity index (χ1) is 13.2. The van der Waals surface area contributed by atoms with Crippen molar-refractivity contribution in [2.45, 2.75) is 13.3 Å². The lowest BCUT2D eigenvalue weighted by Crippen LogP contribution is -2.34. The molecule has 0 bridgehead atoms. The summed E-state index contributed by atoms with van der Waals surface area (Å²) in [5, 5.41) is 1.21. The van der Waals surface area contributed by atoms with Crippen LogP contribution in [-0.2, 0) is 0 Å². The van der Waals surface area contributed by atoms with Crippen LogP contribution in [0.15, 0.2) is 59.2 Å². The summed E-state index contributed by atoms with van der Waals surface area (Å²) in [4.78, 5) is 18.1. The van der Waals surface area contributed by atoms with E-state index >= 15 is 0 Å². The highest BCUT2D eigenvalue weighted by Crippen LogP contribution is 2.31. The van der Waals surface area contributed by atoms with Crippen molar-refractivity contribution in [3.05, 3.63) is 70.3 Å². The quantitative estimate of drug-likeness (QED) is 0.620. The van der Waals surface area contributed by atoms with Crippen LogP contribution in [-0.4, -0.2) is 35.5 Å². The molecule has 0 aliphatic carbocycles. The van der Waals surface area contributed by atoms with Crippen LogP contribution in [0.2, 0.25) is 0 Å². The van der Waals surface area contributed by atoms with Crippen molar-refractivity contribution in [3.8, 4) is 5.75 Å². The topological polar surface area (TPSA) is 45.3 Å². The van der Waals surface area contributed by atoms with Gasteiger partial charge in [-0.3, -0.25) is 4.79 Å². The van der Waals surface area contributed by atoms with Gasteiger partial charge in [0.25, 0.3) is 5.91 Å². The van der Waals surface area contributed by atoms with Crippen LogP contribution in [0.1, 0.15) is 29.3 Å². The molecule has 4 rings (SSSR count). The van der Waals surface area contributed by atoms with E-state index in [-0.39, 0.29) is 5.91 Å². The van der Waals surface area contributed by atoms with E-state index < -0.39 is 0 Å². The molecule has 1 aliphatic heterocycles. The number of hydrogen-bond acceptors (Lipinski definition) is 2. The predicted molar refractivity (Wildman–Crippen MR) is 112 cm³/mol. The number of aromatic nitrogens is 1. The number of carbonyl (C=O) groups excluding carboxylic acids is 1. The molecule has 27 heavy (non-hydrogen) atoms. The maximum absolute atomic E-state index is 12.8. The Morgan fingerprint density at radius 1 is 1.26 bits per heavy atom. The minimum atomic E-state index is 0.0496. The number of amides is 1. The molecule has 1 aromatic heterocycles. The lowest BCUT2D eigenvalue weighted by molar-refractivity contribution is 0.0772. The molecule has 0 spiro atoms. The summed E-state index contributed by atoms with van der Waals surface area (Å²) in [6.45, 7) is 3.86. The molecule has 0 radical (unpaired) electrons. The van der Waals surface area contributed by atoms with Gasteiger partial charge in [-0.15, -0.1) is 0 Å². The normalized spacial score (nSPS) is 14.3. The van der Waals surface area contributed by atoms with Crippen molar-refractivity contribution in [2.75, 3.05) is 19.7 Å². The van der Waals surface area contributed by atoms with Crippen molar-refractivity contribution in [1.29, 1.82) is 0 Å². The van der Waals surface area contributed by atoms with Gasteiger partial charge in [0.2, 0.25) is 0 Å². The lowest BCUT2D eigenvalue weighted by atomic mass is 9.98. The summed E-state index contributed by atoms with van der Waals surface area (Å²) in [5.74, 6) is 0.787. The first kappa shape index (κ1) is 17.9. The zero-order chi connectivity index (χ0) is 18.8. The van der Waals surface area contributed by atoms with Gasteiger partial charge >= 0.3 is 0 Å². The summed E-state index contributed by atoms with van der Waals surface area (Å²) in [7, 11) is 0. The molecule has 1 amide bonds. The van der Waals surface area contributed by atoms with E-state index in [1.165, 1.54) is 16.5 Å². The zero-order valence-corrected chi connectivity index (χ0v) is 16.8. The molecule has 0 saturated carbocycles. The second kappa shape index (κ2) is 7.61. The van der Waals surface area contributed by atoms with E-state index in [0.29, 0.717) is 25.3 Å². The molecule has 0 unspecified atom stereocenters. The van der Waals surface area contributed by atoms with Gasteiger partial charge in [0, 0.05) is 45.8 Å². The highest BCUT2D eigenvalue weighted by molar-refractivity contribution is 9.10. The Labute approximate surface area is 167 Å². The van der Waals surface area contributed by atoms with Gasteiger partial charge in [0.1, 0.15) is 5.75 Å². The van der Waals surface area contributed by atoms with Crippen molar-refractivity contribution < 1.29 is 9.53 Å². The van der Waals surface area contributed by atoms with Crippen LogP contribution in [0.3, 0.4) is 0 Å². The average Bonchev–Trinajstić information content (AvgIpc) is 3.11. The predicted octanol–water partition coefficient (Wildman–Crippen LogP) is 5.26. The molecule has 4 nitrogen and oxygen atoms in total. The van der Waals surface area contributed by atoms with Crippen molar-refractivity contribution in [2.24, 2.45) is 0 Å². The molecule has 138 valence electrons. The molecule has 1 aliphatic rings. The van der Waals surface area contributed by atoms with E-state index in [0.717, 1.165) is 22.2 Å². The Balaban J connectivity index is 1.53. The van der Waals surface area contributed by atoms with Gasteiger partial charge in [-0.25, -0.2) is 0 Å². The third kappa shape index (κ3) is 3.65. The molecule has 2 heterocycles. The molecule has 0 atom stereocenters. The van der Waals surface area contributed by atoms with Crippen LogP contribution >= 0.6 is 15.9 Å². The van der Waals surface area contributed by atoms with Gasteiger partial charge in [-0.05, 0) is 55.3 Å². The largest absolute Gasteiger partial charge is 0.494 e. The smallest absolute Gasteiger partial charge is 0.254 e. The summed E-state index contributed by atoms with van der Waals surface area (Å²) in [6, 6.07) is 13.7. The Bertz CT molecular complexity index is 1020. The van der Waals surface area contributed by atoms with Gasteiger partial charge in [-0.2, -0.15) is 0 Å². The van der Waals surface area contributed by atoms with Gasteiger partial charge < -0.3 is 14.6 Å². The second-order valence-corrected chi connectivity index (χ2v) is 7.50.